The van der Waals surface area contributed by atoms with Gasteiger partial charge in [0, 0.05) is 36.0 Å². The number of alkyl halides is 2. The summed E-state index contributed by atoms with van der Waals surface area (Å²) in [6.45, 7) is 5.39. The third kappa shape index (κ3) is 2.41. The van der Waals surface area contributed by atoms with Gasteiger partial charge in [-0.25, -0.2) is 18.2 Å². The van der Waals surface area contributed by atoms with E-state index in [1.54, 1.807) is 47.6 Å². The Bertz CT molecular complexity index is 1320. The highest BCUT2D eigenvalue weighted by Gasteiger charge is 2.39. The summed E-state index contributed by atoms with van der Waals surface area (Å²) in [6, 6.07) is 4.73. The van der Waals surface area contributed by atoms with Crippen LogP contribution in [0.1, 0.15) is 37.5 Å². The first-order chi connectivity index (χ1) is 14.2. The Morgan fingerprint density at radius 3 is 2.70 bits per heavy atom. The van der Waals surface area contributed by atoms with Crippen LogP contribution in [-0.2, 0) is 12.6 Å². The van der Waals surface area contributed by atoms with E-state index in [0.29, 0.717) is 28.2 Å². The van der Waals surface area contributed by atoms with E-state index in [2.05, 4.69) is 20.5 Å². The quantitative estimate of drug-likeness (QED) is 0.511. The van der Waals surface area contributed by atoms with Crippen molar-refractivity contribution in [2.24, 2.45) is 7.05 Å². The SMILES string of the molecule is Cc1nnc2n1-c1c(cc(F)c(-c3cn(C)c4ncccc34)c1C(F)F)NC2(C)C. The van der Waals surface area contributed by atoms with Crippen LogP contribution in [0.3, 0.4) is 0 Å². The molecule has 1 aliphatic heterocycles. The highest BCUT2D eigenvalue weighted by atomic mass is 19.3. The summed E-state index contributed by atoms with van der Waals surface area (Å²) in [4.78, 5) is 4.29. The molecule has 0 spiro atoms. The molecule has 6 nitrogen and oxygen atoms in total. The summed E-state index contributed by atoms with van der Waals surface area (Å²) in [5.41, 5.74) is 0.185. The Morgan fingerprint density at radius 1 is 1.20 bits per heavy atom. The second-order valence-electron chi connectivity index (χ2n) is 8.03. The first-order valence-corrected chi connectivity index (χ1v) is 9.46. The van der Waals surface area contributed by atoms with Crippen LogP contribution in [0.5, 0.6) is 0 Å². The second-order valence-corrected chi connectivity index (χ2v) is 8.03. The van der Waals surface area contributed by atoms with Crippen molar-refractivity contribution in [2.45, 2.75) is 32.7 Å². The maximum Gasteiger partial charge on any atom is 0.266 e. The second kappa shape index (κ2) is 6.07. The van der Waals surface area contributed by atoms with Crippen molar-refractivity contribution in [1.29, 1.82) is 0 Å². The molecular weight excluding hydrogens is 393 g/mol. The summed E-state index contributed by atoms with van der Waals surface area (Å²) in [5.74, 6) is 0.226. The first kappa shape index (κ1) is 18.7. The van der Waals surface area contributed by atoms with Crippen LogP contribution in [-0.4, -0.2) is 24.3 Å². The molecule has 0 atom stereocenters. The van der Waals surface area contributed by atoms with Crippen LogP contribution in [0.4, 0.5) is 18.9 Å². The largest absolute Gasteiger partial charge is 0.371 e. The number of fused-ring (bicyclic) bond motifs is 4. The molecule has 0 saturated carbocycles. The Labute approximate surface area is 170 Å². The van der Waals surface area contributed by atoms with E-state index in [9.17, 15) is 8.78 Å². The van der Waals surface area contributed by atoms with Crippen molar-refractivity contribution >= 4 is 16.7 Å². The van der Waals surface area contributed by atoms with Gasteiger partial charge in [-0.05, 0) is 39.0 Å². The Balaban J connectivity index is 1.92. The van der Waals surface area contributed by atoms with Crippen LogP contribution in [0.25, 0.3) is 27.8 Å². The van der Waals surface area contributed by atoms with Gasteiger partial charge >= 0.3 is 0 Å². The lowest BCUT2D eigenvalue weighted by Gasteiger charge is -2.35. The molecule has 0 saturated heterocycles. The van der Waals surface area contributed by atoms with Gasteiger partial charge in [0.15, 0.2) is 5.82 Å². The van der Waals surface area contributed by atoms with E-state index in [1.165, 1.54) is 6.07 Å². The minimum atomic E-state index is -2.92. The lowest BCUT2D eigenvalue weighted by atomic mass is 9.92. The summed E-state index contributed by atoms with van der Waals surface area (Å²) >= 11 is 0. The van der Waals surface area contributed by atoms with Crippen molar-refractivity contribution in [1.82, 2.24) is 24.3 Å². The van der Waals surface area contributed by atoms with Crippen molar-refractivity contribution in [3.8, 4) is 16.8 Å². The number of benzene rings is 1. The smallest absolute Gasteiger partial charge is 0.266 e. The molecule has 30 heavy (non-hydrogen) atoms. The molecule has 0 bridgehead atoms. The van der Waals surface area contributed by atoms with Gasteiger partial charge in [0.05, 0.1) is 22.5 Å². The van der Waals surface area contributed by atoms with Gasteiger partial charge in [-0.3, -0.25) is 4.57 Å². The Kier molecular flexibility index (Phi) is 3.77. The molecule has 0 fully saturated rings. The fourth-order valence-electron chi connectivity index (χ4n) is 4.32. The summed E-state index contributed by atoms with van der Waals surface area (Å²) in [7, 11) is 1.75. The van der Waals surface area contributed by atoms with Crippen molar-refractivity contribution in [3.05, 3.63) is 53.6 Å². The van der Waals surface area contributed by atoms with Crippen molar-refractivity contribution in [2.75, 3.05) is 5.32 Å². The molecule has 0 radical (unpaired) electrons. The fourth-order valence-corrected chi connectivity index (χ4v) is 4.32. The van der Waals surface area contributed by atoms with E-state index in [4.69, 9.17) is 0 Å². The first-order valence-electron chi connectivity index (χ1n) is 9.46. The average Bonchev–Trinajstić information content (AvgIpc) is 3.22. The molecular formula is C21H19F3N6. The number of aryl methyl sites for hydroxylation is 2. The maximum atomic E-state index is 15.4. The lowest BCUT2D eigenvalue weighted by Crippen LogP contribution is -2.36. The van der Waals surface area contributed by atoms with Gasteiger partial charge in [-0.15, -0.1) is 10.2 Å². The third-order valence-electron chi connectivity index (χ3n) is 5.57. The van der Waals surface area contributed by atoms with Crippen LogP contribution < -0.4 is 5.32 Å². The van der Waals surface area contributed by atoms with E-state index in [0.717, 1.165) is 0 Å². The minimum absolute atomic E-state index is 0.136. The van der Waals surface area contributed by atoms with E-state index >= 15 is 4.39 Å². The molecule has 1 aromatic carbocycles. The highest BCUT2D eigenvalue weighted by Crippen LogP contribution is 2.47. The normalized spacial score (nSPS) is 14.7. The van der Waals surface area contributed by atoms with Crippen LogP contribution in [0.2, 0.25) is 0 Å². The monoisotopic (exact) mass is 412 g/mol. The molecule has 1 N–H and O–H groups in total. The number of hydrogen-bond acceptors (Lipinski definition) is 4. The fraction of sp³-hybridized carbons (Fsp3) is 0.286. The van der Waals surface area contributed by atoms with Crippen LogP contribution in [0.15, 0.2) is 30.6 Å². The molecule has 5 rings (SSSR count). The number of anilines is 1. The van der Waals surface area contributed by atoms with Crippen molar-refractivity contribution in [3.63, 3.8) is 0 Å². The highest BCUT2D eigenvalue weighted by molar-refractivity contribution is 5.97. The number of pyridine rings is 1. The molecule has 1 aliphatic rings. The molecule has 9 heteroatoms. The topological polar surface area (TPSA) is 60.6 Å². The van der Waals surface area contributed by atoms with Crippen molar-refractivity contribution < 1.29 is 13.2 Å². The molecule has 3 aromatic heterocycles. The minimum Gasteiger partial charge on any atom is -0.371 e. The molecule has 0 aliphatic carbocycles. The molecule has 4 aromatic rings. The number of halogens is 3. The standard InChI is InChI=1S/C21H19F3N6/c1-10-27-28-20-21(2,3)26-14-8-13(22)15(16(18(23)24)17(14)30(10)20)12-9-29(4)19-11(12)6-5-7-25-19/h5-9,18,26H,1-4H3. The van der Waals surface area contributed by atoms with E-state index in [-0.39, 0.29) is 16.9 Å². The number of aromatic nitrogens is 5. The van der Waals surface area contributed by atoms with Gasteiger partial charge in [0.25, 0.3) is 6.43 Å². The predicted molar refractivity (Wildman–Crippen MR) is 107 cm³/mol. The Morgan fingerprint density at radius 2 is 1.97 bits per heavy atom. The molecule has 0 unspecified atom stereocenters. The maximum absolute atomic E-state index is 15.4. The Hall–Kier alpha value is -3.36. The summed E-state index contributed by atoms with van der Waals surface area (Å²) in [6.07, 6.45) is 0.324. The number of hydrogen-bond donors (Lipinski definition) is 1. The molecule has 154 valence electrons. The zero-order valence-electron chi connectivity index (χ0n) is 16.8. The number of nitrogens with zero attached hydrogens (tertiary/aromatic N) is 5. The summed E-state index contributed by atoms with van der Waals surface area (Å²) in [5, 5.41) is 12.0. The van der Waals surface area contributed by atoms with Gasteiger partial charge in [-0.1, -0.05) is 0 Å². The molecule has 4 heterocycles. The van der Waals surface area contributed by atoms with E-state index < -0.39 is 23.3 Å². The number of nitrogens with one attached hydrogen (secondary N) is 1. The zero-order chi connectivity index (χ0) is 21.4. The van der Waals surface area contributed by atoms with Gasteiger partial charge in [0.2, 0.25) is 0 Å². The number of rotatable bonds is 2. The van der Waals surface area contributed by atoms with Gasteiger partial charge < -0.3 is 9.88 Å². The van der Waals surface area contributed by atoms with Gasteiger partial charge in [0.1, 0.15) is 17.3 Å². The summed E-state index contributed by atoms with van der Waals surface area (Å²) < 4.78 is 47.8. The van der Waals surface area contributed by atoms with E-state index in [1.807, 2.05) is 13.8 Å². The predicted octanol–water partition coefficient (Wildman–Crippen LogP) is 4.87. The van der Waals surface area contributed by atoms with Gasteiger partial charge in [-0.2, -0.15) is 0 Å². The lowest BCUT2D eigenvalue weighted by molar-refractivity contribution is 0.151. The average molecular weight is 412 g/mol. The van der Waals surface area contributed by atoms with Crippen LogP contribution >= 0.6 is 0 Å². The zero-order valence-corrected chi connectivity index (χ0v) is 16.8. The molecule has 0 amide bonds. The third-order valence-corrected chi connectivity index (χ3v) is 5.57. The van der Waals surface area contributed by atoms with Crippen LogP contribution in [0, 0.1) is 12.7 Å².